The number of aromatic amines is 1. The highest BCUT2D eigenvalue weighted by Gasteiger charge is 2.50. The molecule has 1 saturated heterocycles. The van der Waals surface area contributed by atoms with Crippen LogP contribution < -0.4 is 0 Å². The van der Waals surface area contributed by atoms with Crippen LogP contribution in [0, 0.1) is 5.92 Å². The summed E-state index contributed by atoms with van der Waals surface area (Å²) in [5.41, 5.74) is 1.17. The zero-order chi connectivity index (χ0) is 19.8. The van der Waals surface area contributed by atoms with Gasteiger partial charge in [0, 0.05) is 24.6 Å². The van der Waals surface area contributed by atoms with Gasteiger partial charge in [-0.05, 0) is 37.0 Å². The van der Waals surface area contributed by atoms with Crippen molar-refractivity contribution in [3.63, 3.8) is 0 Å². The standard InChI is InChI=1S/C23H25N3O3/c27-22(19-15-18(24-25-19)21-11-6-14-29-21)26-13-12-23(28,16-7-2-1-3-8-16)17-9-4-5-10-20(17)26/h1-3,6-8,11,14-15,17,20,28H,4-5,9-10,12-13H2,(H,24,25). The van der Waals surface area contributed by atoms with Gasteiger partial charge in [0.1, 0.15) is 5.69 Å². The molecule has 150 valence electrons. The minimum Gasteiger partial charge on any atom is -0.463 e. The lowest BCUT2D eigenvalue weighted by molar-refractivity contribution is -0.110. The smallest absolute Gasteiger partial charge is 0.274 e. The first-order valence-corrected chi connectivity index (χ1v) is 10.3. The van der Waals surface area contributed by atoms with E-state index in [1.165, 1.54) is 0 Å². The number of hydrogen-bond acceptors (Lipinski definition) is 4. The number of carbonyl (C=O) groups is 1. The molecular formula is C23H25N3O3. The highest BCUT2D eigenvalue weighted by atomic mass is 16.3. The van der Waals surface area contributed by atoms with Crippen molar-refractivity contribution < 1.29 is 14.3 Å². The van der Waals surface area contributed by atoms with Crippen LogP contribution in [0.15, 0.2) is 59.2 Å². The third-order valence-electron chi connectivity index (χ3n) is 6.60. The van der Waals surface area contributed by atoms with Gasteiger partial charge in [-0.15, -0.1) is 0 Å². The highest BCUT2D eigenvalue weighted by molar-refractivity contribution is 5.93. The largest absolute Gasteiger partial charge is 0.463 e. The minimum absolute atomic E-state index is 0.0268. The molecule has 3 atom stereocenters. The van der Waals surface area contributed by atoms with E-state index in [0.29, 0.717) is 30.1 Å². The Morgan fingerprint density at radius 2 is 2.00 bits per heavy atom. The number of fused-ring (bicyclic) bond motifs is 1. The Hall–Kier alpha value is -2.86. The van der Waals surface area contributed by atoms with Gasteiger partial charge in [0.2, 0.25) is 0 Å². The zero-order valence-corrected chi connectivity index (χ0v) is 16.3. The van der Waals surface area contributed by atoms with Gasteiger partial charge >= 0.3 is 0 Å². The number of benzene rings is 1. The lowest BCUT2D eigenvalue weighted by atomic mass is 9.66. The molecule has 3 unspecified atom stereocenters. The van der Waals surface area contributed by atoms with E-state index in [9.17, 15) is 9.90 Å². The molecule has 3 aromatic rings. The summed E-state index contributed by atoms with van der Waals surface area (Å²) in [5.74, 6) is 0.620. The molecule has 1 saturated carbocycles. The normalized spacial score (nSPS) is 26.9. The topological polar surface area (TPSA) is 82.4 Å². The summed E-state index contributed by atoms with van der Waals surface area (Å²) in [6.45, 7) is 0.522. The third-order valence-corrected chi connectivity index (χ3v) is 6.60. The summed E-state index contributed by atoms with van der Waals surface area (Å²) in [4.78, 5) is 15.3. The molecule has 3 heterocycles. The molecule has 6 heteroatoms. The van der Waals surface area contributed by atoms with Gasteiger partial charge < -0.3 is 14.4 Å². The number of hydrogen-bond donors (Lipinski definition) is 2. The molecule has 2 aliphatic rings. The van der Waals surface area contributed by atoms with Crippen LogP contribution in [0.5, 0.6) is 0 Å². The van der Waals surface area contributed by atoms with Gasteiger partial charge in [0.15, 0.2) is 11.5 Å². The molecule has 1 aliphatic heterocycles. The molecule has 2 aromatic heterocycles. The van der Waals surface area contributed by atoms with Crippen LogP contribution in [-0.4, -0.2) is 38.7 Å². The molecule has 1 aliphatic carbocycles. The maximum absolute atomic E-state index is 13.3. The van der Waals surface area contributed by atoms with Crippen molar-refractivity contribution in [2.24, 2.45) is 5.92 Å². The third kappa shape index (κ3) is 3.08. The molecule has 1 amide bonds. The second-order valence-corrected chi connectivity index (χ2v) is 8.14. The summed E-state index contributed by atoms with van der Waals surface area (Å²) in [5, 5.41) is 18.8. The van der Waals surface area contributed by atoms with Crippen molar-refractivity contribution in [3.8, 4) is 11.5 Å². The van der Waals surface area contributed by atoms with E-state index < -0.39 is 5.60 Å². The van der Waals surface area contributed by atoms with Crippen molar-refractivity contribution in [3.05, 3.63) is 66.1 Å². The lowest BCUT2D eigenvalue weighted by Crippen LogP contribution is -2.59. The first-order valence-electron chi connectivity index (χ1n) is 10.3. The average Bonchev–Trinajstić information content (AvgIpc) is 3.46. The number of rotatable bonds is 3. The van der Waals surface area contributed by atoms with E-state index in [1.807, 2.05) is 41.3 Å². The Balaban J connectivity index is 1.43. The maximum Gasteiger partial charge on any atom is 0.274 e. The number of likely N-dealkylation sites (tertiary alicyclic amines) is 1. The second kappa shape index (κ2) is 7.19. The Labute approximate surface area is 169 Å². The summed E-state index contributed by atoms with van der Waals surface area (Å²) >= 11 is 0. The van der Waals surface area contributed by atoms with Crippen molar-refractivity contribution in [1.29, 1.82) is 0 Å². The molecule has 1 aromatic carbocycles. The number of carbonyl (C=O) groups excluding carboxylic acids is 1. The van der Waals surface area contributed by atoms with Crippen LogP contribution >= 0.6 is 0 Å². The van der Waals surface area contributed by atoms with E-state index in [4.69, 9.17) is 4.42 Å². The number of nitrogens with one attached hydrogen (secondary N) is 1. The predicted molar refractivity (Wildman–Crippen MR) is 108 cm³/mol. The summed E-state index contributed by atoms with van der Waals surface area (Å²) in [7, 11) is 0. The van der Waals surface area contributed by atoms with E-state index in [0.717, 1.165) is 31.2 Å². The van der Waals surface area contributed by atoms with E-state index >= 15 is 0 Å². The first kappa shape index (κ1) is 18.2. The van der Waals surface area contributed by atoms with Crippen LogP contribution in [0.3, 0.4) is 0 Å². The zero-order valence-electron chi connectivity index (χ0n) is 16.3. The number of aliphatic hydroxyl groups is 1. The number of furan rings is 1. The fourth-order valence-corrected chi connectivity index (χ4v) is 5.16. The fourth-order valence-electron chi connectivity index (χ4n) is 5.16. The highest BCUT2D eigenvalue weighted by Crippen LogP contribution is 2.47. The molecular weight excluding hydrogens is 366 g/mol. The molecule has 6 nitrogen and oxygen atoms in total. The van der Waals surface area contributed by atoms with E-state index in [2.05, 4.69) is 10.2 Å². The molecule has 5 rings (SSSR count). The summed E-state index contributed by atoms with van der Waals surface area (Å²) in [6, 6.07) is 15.3. The van der Waals surface area contributed by atoms with Gasteiger partial charge in [0.25, 0.3) is 5.91 Å². The number of amides is 1. The van der Waals surface area contributed by atoms with Gasteiger partial charge in [-0.1, -0.05) is 43.2 Å². The minimum atomic E-state index is -0.881. The molecule has 29 heavy (non-hydrogen) atoms. The van der Waals surface area contributed by atoms with E-state index in [-0.39, 0.29) is 17.9 Å². The van der Waals surface area contributed by atoms with E-state index in [1.54, 1.807) is 18.4 Å². The van der Waals surface area contributed by atoms with Crippen molar-refractivity contribution in [2.75, 3.05) is 6.54 Å². The summed E-state index contributed by atoms with van der Waals surface area (Å²) < 4.78 is 5.39. The van der Waals surface area contributed by atoms with Crippen LogP contribution in [0.25, 0.3) is 11.5 Å². The number of piperidine rings is 1. The second-order valence-electron chi connectivity index (χ2n) is 8.14. The lowest BCUT2D eigenvalue weighted by Gasteiger charge is -2.52. The molecule has 0 radical (unpaired) electrons. The van der Waals surface area contributed by atoms with Crippen molar-refractivity contribution >= 4 is 5.91 Å². The molecule has 2 fully saturated rings. The molecule has 0 spiro atoms. The van der Waals surface area contributed by atoms with Gasteiger partial charge in [-0.2, -0.15) is 5.10 Å². The van der Waals surface area contributed by atoms with Crippen molar-refractivity contribution in [2.45, 2.75) is 43.7 Å². The number of aromatic nitrogens is 2. The average molecular weight is 391 g/mol. The SMILES string of the molecule is O=C(c1cc(-c2ccco2)[nH]n1)N1CCC(O)(c2ccccc2)C2CCCCC21. The first-order chi connectivity index (χ1) is 14.2. The maximum atomic E-state index is 13.3. The van der Waals surface area contributed by atoms with Crippen LogP contribution in [0.2, 0.25) is 0 Å². The van der Waals surface area contributed by atoms with Gasteiger partial charge in [-0.25, -0.2) is 0 Å². The van der Waals surface area contributed by atoms with Crippen LogP contribution in [0.1, 0.15) is 48.2 Å². The summed E-state index contributed by atoms with van der Waals surface area (Å²) in [6.07, 6.45) is 6.15. The Morgan fingerprint density at radius 3 is 2.79 bits per heavy atom. The number of nitrogens with zero attached hydrogens (tertiary/aromatic N) is 2. The Bertz CT molecular complexity index is 982. The van der Waals surface area contributed by atoms with Gasteiger partial charge in [-0.3, -0.25) is 9.89 Å². The predicted octanol–water partition coefficient (Wildman–Crippen LogP) is 3.96. The van der Waals surface area contributed by atoms with Crippen LogP contribution in [0.4, 0.5) is 0 Å². The Morgan fingerprint density at radius 1 is 1.17 bits per heavy atom. The number of H-pyrrole nitrogens is 1. The monoisotopic (exact) mass is 391 g/mol. The fraction of sp³-hybridized carbons (Fsp3) is 0.391. The quantitative estimate of drug-likeness (QED) is 0.708. The van der Waals surface area contributed by atoms with Crippen LogP contribution in [-0.2, 0) is 5.60 Å². The molecule has 2 N–H and O–H groups in total. The van der Waals surface area contributed by atoms with Crippen molar-refractivity contribution in [1.82, 2.24) is 15.1 Å². The van der Waals surface area contributed by atoms with Gasteiger partial charge in [0.05, 0.1) is 11.9 Å². The Kier molecular flexibility index (Phi) is 4.51. The molecule has 0 bridgehead atoms.